The van der Waals surface area contributed by atoms with Crippen molar-refractivity contribution in [2.24, 2.45) is 5.73 Å². The minimum Gasteiger partial charge on any atom is -0.324 e. The highest BCUT2D eigenvalue weighted by atomic mass is 79.9. The maximum absolute atomic E-state index is 5.91. The van der Waals surface area contributed by atoms with Crippen LogP contribution in [0.15, 0.2) is 41.4 Å². The summed E-state index contributed by atoms with van der Waals surface area (Å²) in [7, 11) is 0. The monoisotopic (exact) mass is 225 g/mol. The molecule has 0 spiro atoms. The van der Waals surface area contributed by atoms with Crippen LogP contribution in [-0.4, -0.2) is 0 Å². The van der Waals surface area contributed by atoms with E-state index in [-0.39, 0.29) is 6.04 Å². The van der Waals surface area contributed by atoms with Crippen LogP contribution in [0.1, 0.15) is 18.0 Å². The van der Waals surface area contributed by atoms with E-state index in [2.05, 4.69) is 22.5 Å². The Morgan fingerprint density at radius 2 is 2.17 bits per heavy atom. The van der Waals surface area contributed by atoms with E-state index in [4.69, 9.17) is 5.73 Å². The zero-order valence-electron chi connectivity index (χ0n) is 6.83. The highest BCUT2D eigenvalue weighted by molar-refractivity contribution is 9.10. The quantitative estimate of drug-likeness (QED) is 0.787. The third kappa shape index (κ3) is 2.19. The van der Waals surface area contributed by atoms with E-state index in [9.17, 15) is 0 Å². The Labute approximate surface area is 81.4 Å². The Hall–Kier alpha value is -0.600. The van der Waals surface area contributed by atoms with Crippen molar-refractivity contribution < 1.29 is 0 Å². The largest absolute Gasteiger partial charge is 0.324 e. The van der Waals surface area contributed by atoms with Gasteiger partial charge in [0.15, 0.2) is 0 Å². The topological polar surface area (TPSA) is 26.0 Å². The molecule has 0 aliphatic carbocycles. The zero-order valence-corrected chi connectivity index (χ0v) is 8.42. The van der Waals surface area contributed by atoms with Gasteiger partial charge in [-0.3, -0.25) is 0 Å². The first-order valence-electron chi connectivity index (χ1n) is 3.86. The molecule has 0 amide bonds. The van der Waals surface area contributed by atoms with E-state index in [1.807, 2.05) is 30.3 Å². The van der Waals surface area contributed by atoms with Gasteiger partial charge >= 0.3 is 0 Å². The Morgan fingerprint density at radius 3 is 2.75 bits per heavy atom. The summed E-state index contributed by atoms with van der Waals surface area (Å²) < 4.78 is 1.07. The zero-order chi connectivity index (χ0) is 8.97. The molecule has 2 heteroatoms. The molecule has 1 atom stereocenters. The smallest absolute Gasteiger partial charge is 0.0340 e. The second-order valence-electron chi connectivity index (χ2n) is 2.65. The molecule has 1 aromatic rings. The van der Waals surface area contributed by atoms with Gasteiger partial charge in [0, 0.05) is 10.5 Å². The van der Waals surface area contributed by atoms with Gasteiger partial charge in [0.05, 0.1) is 0 Å². The van der Waals surface area contributed by atoms with Gasteiger partial charge in [-0.1, -0.05) is 40.2 Å². The molecule has 0 aliphatic rings. The van der Waals surface area contributed by atoms with Gasteiger partial charge in [0.2, 0.25) is 0 Å². The van der Waals surface area contributed by atoms with E-state index in [1.54, 1.807) is 0 Å². The Kier molecular flexibility index (Phi) is 3.50. The van der Waals surface area contributed by atoms with E-state index >= 15 is 0 Å². The average molecular weight is 226 g/mol. The molecule has 0 radical (unpaired) electrons. The lowest BCUT2D eigenvalue weighted by Gasteiger charge is -2.10. The molecule has 1 nitrogen and oxygen atoms in total. The summed E-state index contributed by atoms with van der Waals surface area (Å²) in [5.41, 5.74) is 7.04. The van der Waals surface area contributed by atoms with Crippen molar-refractivity contribution in [2.75, 3.05) is 0 Å². The molecule has 2 N–H and O–H groups in total. The second-order valence-corrected chi connectivity index (χ2v) is 3.51. The molecule has 1 aromatic carbocycles. The Balaban J connectivity index is 2.86. The molecule has 0 unspecified atom stereocenters. The summed E-state index contributed by atoms with van der Waals surface area (Å²) in [6.07, 6.45) is 2.65. The molecule has 64 valence electrons. The van der Waals surface area contributed by atoms with Crippen LogP contribution >= 0.6 is 15.9 Å². The second kappa shape index (κ2) is 4.43. The van der Waals surface area contributed by atoms with Gasteiger partial charge in [-0.25, -0.2) is 0 Å². The predicted molar refractivity (Wildman–Crippen MR) is 55.9 cm³/mol. The summed E-state index contributed by atoms with van der Waals surface area (Å²) in [6, 6.07) is 8.05. The lowest BCUT2D eigenvalue weighted by molar-refractivity contribution is 0.738. The normalized spacial score (nSPS) is 12.5. The van der Waals surface area contributed by atoms with E-state index < -0.39 is 0 Å². The van der Waals surface area contributed by atoms with E-state index in [1.165, 1.54) is 0 Å². The van der Waals surface area contributed by atoms with Crippen molar-refractivity contribution in [1.29, 1.82) is 0 Å². The molecule has 12 heavy (non-hydrogen) atoms. The van der Waals surface area contributed by atoms with Gasteiger partial charge in [0.1, 0.15) is 0 Å². The summed E-state index contributed by atoms with van der Waals surface area (Å²) in [4.78, 5) is 0. The first-order valence-corrected chi connectivity index (χ1v) is 4.66. The van der Waals surface area contributed by atoms with Crippen LogP contribution in [0.4, 0.5) is 0 Å². The van der Waals surface area contributed by atoms with Crippen molar-refractivity contribution in [3.63, 3.8) is 0 Å². The minimum absolute atomic E-state index is 0.0538. The number of hydrogen-bond donors (Lipinski definition) is 1. The highest BCUT2D eigenvalue weighted by Gasteiger charge is 2.06. The standard InChI is InChI=1S/C10H12BrN/c1-2-5-10(12)8-6-3-4-7-9(8)11/h2-4,6-7,10H,1,5,12H2/t10-/m0/s1. The fourth-order valence-electron chi connectivity index (χ4n) is 1.08. The number of nitrogens with two attached hydrogens (primary N) is 1. The first-order chi connectivity index (χ1) is 5.75. The first kappa shape index (κ1) is 9.49. The van der Waals surface area contributed by atoms with Gasteiger partial charge in [0.25, 0.3) is 0 Å². The van der Waals surface area contributed by atoms with Crippen LogP contribution in [0.2, 0.25) is 0 Å². The fourth-order valence-corrected chi connectivity index (χ4v) is 1.66. The third-order valence-electron chi connectivity index (χ3n) is 1.73. The van der Waals surface area contributed by atoms with Crippen LogP contribution in [0.3, 0.4) is 0 Å². The maximum atomic E-state index is 5.91. The molecule has 0 bridgehead atoms. The average Bonchev–Trinajstić information content (AvgIpc) is 2.05. The third-order valence-corrected chi connectivity index (χ3v) is 2.45. The van der Waals surface area contributed by atoms with Gasteiger partial charge in [-0.05, 0) is 18.1 Å². The number of halogens is 1. The van der Waals surface area contributed by atoms with E-state index in [0.717, 1.165) is 16.5 Å². The molecule has 0 saturated carbocycles. The van der Waals surface area contributed by atoms with Crippen LogP contribution in [0, 0.1) is 0 Å². The molecular weight excluding hydrogens is 214 g/mol. The Morgan fingerprint density at radius 1 is 1.50 bits per heavy atom. The van der Waals surface area contributed by atoms with Crippen LogP contribution in [-0.2, 0) is 0 Å². The van der Waals surface area contributed by atoms with E-state index in [0.29, 0.717) is 0 Å². The molecule has 0 fully saturated rings. The summed E-state index contributed by atoms with van der Waals surface area (Å²) in [5.74, 6) is 0. The van der Waals surface area contributed by atoms with Crippen molar-refractivity contribution >= 4 is 15.9 Å². The number of hydrogen-bond acceptors (Lipinski definition) is 1. The van der Waals surface area contributed by atoms with Crippen LogP contribution < -0.4 is 5.73 Å². The Bertz CT molecular complexity index is 270. The van der Waals surface area contributed by atoms with Crippen LogP contribution in [0.5, 0.6) is 0 Å². The van der Waals surface area contributed by atoms with Gasteiger partial charge in [-0.2, -0.15) is 0 Å². The maximum Gasteiger partial charge on any atom is 0.0340 e. The summed E-state index contributed by atoms with van der Waals surface area (Å²) >= 11 is 3.45. The minimum atomic E-state index is 0.0538. The number of benzene rings is 1. The van der Waals surface area contributed by atoms with Crippen molar-refractivity contribution in [3.05, 3.63) is 47.0 Å². The molecule has 0 heterocycles. The van der Waals surface area contributed by atoms with Crippen LogP contribution in [0.25, 0.3) is 0 Å². The SMILES string of the molecule is C=CC[C@H](N)c1ccccc1Br. The lowest BCUT2D eigenvalue weighted by atomic mass is 10.1. The van der Waals surface area contributed by atoms with Crippen molar-refractivity contribution in [3.8, 4) is 0 Å². The fraction of sp³-hybridized carbons (Fsp3) is 0.200. The van der Waals surface area contributed by atoms with Gasteiger partial charge in [-0.15, -0.1) is 6.58 Å². The molecule has 1 rings (SSSR count). The molecule has 0 aliphatic heterocycles. The van der Waals surface area contributed by atoms with Crippen molar-refractivity contribution in [1.82, 2.24) is 0 Å². The molecular formula is C10H12BrN. The summed E-state index contributed by atoms with van der Waals surface area (Å²) in [6.45, 7) is 3.66. The molecule has 0 aromatic heterocycles. The lowest BCUT2D eigenvalue weighted by Crippen LogP contribution is -2.09. The number of rotatable bonds is 3. The van der Waals surface area contributed by atoms with Gasteiger partial charge < -0.3 is 5.73 Å². The van der Waals surface area contributed by atoms with Crippen molar-refractivity contribution in [2.45, 2.75) is 12.5 Å². The summed E-state index contributed by atoms with van der Waals surface area (Å²) in [5, 5.41) is 0. The molecule has 0 saturated heterocycles. The predicted octanol–water partition coefficient (Wildman–Crippen LogP) is 3.03. The highest BCUT2D eigenvalue weighted by Crippen LogP contribution is 2.23.